The maximum absolute atomic E-state index is 11.5. The number of urea groups is 1. The fourth-order valence-electron chi connectivity index (χ4n) is 1.03. The van der Waals surface area contributed by atoms with Crippen LogP contribution in [0.5, 0.6) is 0 Å². The van der Waals surface area contributed by atoms with Crippen molar-refractivity contribution in [1.29, 1.82) is 5.26 Å². The van der Waals surface area contributed by atoms with Crippen molar-refractivity contribution < 1.29 is 14.7 Å². The summed E-state index contributed by atoms with van der Waals surface area (Å²) in [5, 5.41) is 22.1. The van der Waals surface area contributed by atoms with Crippen LogP contribution in [-0.2, 0) is 4.79 Å². The Morgan fingerprint density at radius 2 is 2.11 bits per heavy atom. The predicted molar refractivity (Wildman–Crippen MR) is 62.8 cm³/mol. The maximum Gasteiger partial charge on any atom is 0.328 e. The lowest BCUT2D eigenvalue weighted by molar-refractivity contribution is -0.142. The first-order valence-corrected chi connectivity index (χ1v) is 5.04. The van der Waals surface area contributed by atoms with Gasteiger partial charge in [-0.1, -0.05) is 0 Å². The minimum atomic E-state index is -1.37. The second-order valence-corrected chi connectivity index (χ2v) is 4.05. The van der Waals surface area contributed by atoms with Gasteiger partial charge in [0.15, 0.2) is 0 Å². The molecule has 0 saturated heterocycles. The van der Waals surface area contributed by atoms with Crippen molar-refractivity contribution in [2.24, 2.45) is 0 Å². The van der Waals surface area contributed by atoms with Crippen LogP contribution in [0.15, 0.2) is 18.3 Å². The molecule has 18 heavy (non-hydrogen) atoms. The number of aromatic nitrogens is 1. The molecule has 0 saturated carbocycles. The standard InChI is InChI=1S/C11H12N4O3/c1-11(2,9(16)17)15-10(18)14-8-4-3-7(5-12)13-6-8/h3-4,6H,1-2H3,(H,16,17)(H2,14,15,18). The summed E-state index contributed by atoms with van der Waals surface area (Å²) in [7, 11) is 0. The summed E-state index contributed by atoms with van der Waals surface area (Å²) >= 11 is 0. The third-order valence-corrected chi connectivity index (χ3v) is 2.10. The Kier molecular flexibility index (Phi) is 3.84. The number of carboxylic acid groups (broad SMARTS) is 1. The Morgan fingerprint density at radius 1 is 1.44 bits per heavy atom. The van der Waals surface area contributed by atoms with E-state index in [0.717, 1.165) is 0 Å². The number of hydrogen-bond donors (Lipinski definition) is 3. The highest BCUT2D eigenvalue weighted by atomic mass is 16.4. The number of nitriles is 1. The summed E-state index contributed by atoms with van der Waals surface area (Å²) in [5.74, 6) is -1.14. The average Bonchev–Trinajstić information content (AvgIpc) is 2.29. The summed E-state index contributed by atoms with van der Waals surface area (Å²) in [6, 6.07) is 4.13. The van der Waals surface area contributed by atoms with Crippen LogP contribution in [0.25, 0.3) is 0 Å². The Bertz CT molecular complexity index is 502. The molecule has 7 heteroatoms. The van der Waals surface area contributed by atoms with E-state index in [1.165, 1.54) is 32.2 Å². The molecule has 0 radical (unpaired) electrons. The molecule has 0 aliphatic heterocycles. The molecule has 1 heterocycles. The first-order valence-electron chi connectivity index (χ1n) is 5.04. The SMILES string of the molecule is CC(C)(NC(=O)Nc1ccc(C#N)nc1)C(=O)O. The number of amides is 2. The number of nitrogens with one attached hydrogen (secondary N) is 2. The van der Waals surface area contributed by atoms with Gasteiger partial charge in [-0.05, 0) is 26.0 Å². The van der Waals surface area contributed by atoms with E-state index in [2.05, 4.69) is 15.6 Å². The van der Waals surface area contributed by atoms with Gasteiger partial charge in [0, 0.05) is 0 Å². The number of nitrogens with zero attached hydrogens (tertiary/aromatic N) is 2. The van der Waals surface area contributed by atoms with E-state index in [9.17, 15) is 9.59 Å². The highest BCUT2D eigenvalue weighted by Crippen LogP contribution is 2.07. The lowest BCUT2D eigenvalue weighted by atomic mass is 10.1. The third kappa shape index (κ3) is 3.45. The molecule has 0 aromatic carbocycles. The van der Waals surface area contributed by atoms with Gasteiger partial charge in [0.05, 0.1) is 11.9 Å². The van der Waals surface area contributed by atoms with Gasteiger partial charge in [0.2, 0.25) is 0 Å². The second-order valence-electron chi connectivity index (χ2n) is 4.05. The van der Waals surface area contributed by atoms with Crippen LogP contribution in [0.4, 0.5) is 10.5 Å². The highest BCUT2D eigenvalue weighted by molar-refractivity contribution is 5.93. The van der Waals surface area contributed by atoms with Gasteiger partial charge in [-0.2, -0.15) is 5.26 Å². The summed E-state index contributed by atoms with van der Waals surface area (Å²) in [6.45, 7) is 2.73. The summed E-state index contributed by atoms with van der Waals surface area (Å²) in [4.78, 5) is 26.1. The second kappa shape index (κ2) is 5.14. The number of pyridine rings is 1. The van der Waals surface area contributed by atoms with Crippen LogP contribution in [0.2, 0.25) is 0 Å². The summed E-state index contributed by atoms with van der Waals surface area (Å²) < 4.78 is 0. The molecule has 7 nitrogen and oxygen atoms in total. The Balaban J connectivity index is 2.65. The van der Waals surface area contributed by atoms with E-state index in [1.54, 1.807) is 0 Å². The van der Waals surface area contributed by atoms with Crippen LogP contribution in [0, 0.1) is 11.3 Å². The van der Waals surface area contributed by atoms with Crippen molar-refractivity contribution in [2.45, 2.75) is 19.4 Å². The fraction of sp³-hybridized carbons (Fsp3) is 0.273. The molecule has 0 bridgehead atoms. The largest absolute Gasteiger partial charge is 0.480 e. The highest BCUT2D eigenvalue weighted by Gasteiger charge is 2.28. The molecule has 0 fully saturated rings. The van der Waals surface area contributed by atoms with Crippen molar-refractivity contribution in [3.8, 4) is 6.07 Å². The summed E-state index contributed by atoms with van der Waals surface area (Å²) in [5.41, 5.74) is -0.774. The van der Waals surface area contributed by atoms with Gasteiger partial charge in [-0.25, -0.2) is 14.6 Å². The van der Waals surface area contributed by atoms with E-state index >= 15 is 0 Å². The number of aliphatic carboxylic acids is 1. The fourth-order valence-corrected chi connectivity index (χ4v) is 1.03. The van der Waals surface area contributed by atoms with Gasteiger partial charge < -0.3 is 15.7 Å². The van der Waals surface area contributed by atoms with E-state index in [1.807, 2.05) is 6.07 Å². The van der Waals surface area contributed by atoms with Crippen LogP contribution in [0.1, 0.15) is 19.5 Å². The van der Waals surface area contributed by atoms with Crippen molar-refractivity contribution in [3.63, 3.8) is 0 Å². The molecule has 2 amide bonds. The minimum Gasteiger partial charge on any atom is -0.480 e. The Morgan fingerprint density at radius 3 is 2.56 bits per heavy atom. The number of carbonyl (C=O) groups is 2. The normalized spacial score (nSPS) is 10.3. The van der Waals surface area contributed by atoms with Crippen molar-refractivity contribution in [1.82, 2.24) is 10.3 Å². The molecule has 1 rings (SSSR count). The monoisotopic (exact) mass is 248 g/mol. The average molecular weight is 248 g/mol. The predicted octanol–water partition coefficient (Wildman–Crippen LogP) is 0.938. The molecular weight excluding hydrogens is 236 g/mol. The molecule has 1 aromatic heterocycles. The van der Waals surface area contributed by atoms with Gasteiger partial charge >= 0.3 is 12.0 Å². The third-order valence-electron chi connectivity index (χ3n) is 2.10. The molecule has 0 unspecified atom stereocenters. The van der Waals surface area contributed by atoms with E-state index in [4.69, 9.17) is 10.4 Å². The topological polar surface area (TPSA) is 115 Å². The van der Waals surface area contributed by atoms with E-state index in [-0.39, 0.29) is 5.69 Å². The number of carbonyl (C=O) groups excluding carboxylic acids is 1. The first kappa shape index (κ1) is 13.4. The van der Waals surface area contributed by atoms with Gasteiger partial charge in [0.1, 0.15) is 17.3 Å². The molecule has 0 aliphatic rings. The molecule has 0 atom stereocenters. The van der Waals surface area contributed by atoms with Crippen LogP contribution < -0.4 is 10.6 Å². The van der Waals surface area contributed by atoms with Crippen LogP contribution >= 0.6 is 0 Å². The molecule has 0 aliphatic carbocycles. The van der Waals surface area contributed by atoms with Gasteiger partial charge in [-0.3, -0.25) is 0 Å². The molecule has 1 aromatic rings. The minimum absolute atomic E-state index is 0.229. The maximum atomic E-state index is 11.5. The molecule has 94 valence electrons. The van der Waals surface area contributed by atoms with E-state index < -0.39 is 17.5 Å². The van der Waals surface area contributed by atoms with Gasteiger partial charge in [0.25, 0.3) is 0 Å². The number of carboxylic acids is 1. The summed E-state index contributed by atoms with van der Waals surface area (Å²) in [6.07, 6.45) is 1.31. The van der Waals surface area contributed by atoms with Gasteiger partial charge in [-0.15, -0.1) is 0 Å². The zero-order chi connectivity index (χ0) is 13.8. The van der Waals surface area contributed by atoms with Crippen LogP contribution in [0.3, 0.4) is 0 Å². The van der Waals surface area contributed by atoms with Crippen LogP contribution in [-0.4, -0.2) is 27.6 Å². The van der Waals surface area contributed by atoms with Crippen molar-refractivity contribution >= 4 is 17.7 Å². The quantitative estimate of drug-likeness (QED) is 0.736. The smallest absolute Gasteiger partial charge is 0.328 e. The zero-order valence-electron chi connectivity index (χ0n) is 9.89. The first-order chi connectivity index (χ1) is 8.35. The number of rotatable bonds is 3. The van der Waals surface area contributed by atoms with Crippen molar-refractivity contribution in [2.75, 3.05) is 5.32 Å². The van der Waals surface area contributed by atoms with E-state index in [0.29, 0.717) is 5.69 Å². The Labute approximate surface area is 103 Å². The molecular formula is C11H12N4O3. The molecule has 3 N–H and O–H groups in total. The number of anilines is 1. The lowest BCUT2D eigenvalue weighted by Gasteiger charge is -2.21. The molecule has 0 spiro atoms. The van der Waals surface area contributed by atoms with Crippen molar-refractivity contribution in [3.05, 3.63) is 24.0 Å². The lowest BCUT2D eigenvalue weighted by Crippen LogP contribution is -2.51. The Hall–Kier alpha value is -2.62. The number of hydrogen-bond acceptors (Lipinski definition) is 4. The zero-order valence-corrected chi connectivity index (χ0v) is 9.89.